The minimum absolute atomic E-state index is 0.135. The molecule has 0 unspecified atom stereocenters. The molecule has 2 fully saturated rings. The van der Waals surface area contributed by atoms with Crippen molar-refractivity contribution in [3.63, 3.8) is 0 Å². The van der Waals surface area contributed by atoms with E-state index in [2.05, 4.69) is 11.9 Å². The molecular weight excluding hydrogens is 385 g/mol. The van der Waals surface area contributed by atoms with Crippen LogP contribution in [0.2, 0.25) is 0 Å². The number of piperazine rings is 1. The van der Waals surface area contributed by atoms with Crippen molar-refractivity contribution in [2.24, 2.45) is 0 Å². The Balaban J connectivity index is 1.52. The molecule has 0 saturated carbocycles. The number of thiocarbonyl (C=S) groups is 1. The van der Waals surface area contributed by atoms with Crippen LogP contribution in [0, 0.1) is 5.82 Å². The first-order chi connectivity index (χ1) is 12.9. The van der Waals surface area contributed by atoms with Crippen molar-refractivity contribution in [2.45, 2.75) is 12.8 Å². The van der Waals surface area contributed by atoms with Gasteiger partial charge in [0.05, 0.1) is 4.91 Å². The van der Waals surface area contributed by atoms with Crippen molar-refractivity contribution in [3.8, 4) is 0 Å². The Bertz CT molecular complexity index is 759. The van der Waals surface area contributed by atoms with Crippen LogP contribution >= 0.6 is 24.0 Å². The first-order valence-corrected chi connectivity index (χ1v) is 10.1. The van der Waals surface area contributed by atoms with E-state index in [0.29, 0.717) is 28.6 Å². The van der Waals surface area contributed by atoms with Gasteiger partial charge in [-0.25, -0.2) is 4.39 Å². The number of hydrogen-bond donors (Lipinski definition) is 0. The molecule has 1 aromatic carbocycles. The predicted octanol–water partition coefficient (Wildman–Crippen LogP) is 2.58. The van der Waals surface area contributed by atoms with Crippen LogP contribution in [-0.4, -0.2) is 70.6 Å². The highest BCUT2D eigenvalue weighted by molar-refractivity contribution is 8.26. The van der Waals surface area contributed by atoms with Gasteiger partial charge in [0, 0.05) is 39.1 Å². The van der Waals surface area contributed by atoms with E-state index in [1.54, 1.807) is 23.1 Å². The molecule has 0 aliphatic carbocycles. The molecule has 1 aromatic rings. The van der Waals surface area contributed by atoms with Crippen LogP contribution in [-0.2, 0) is 9.59 Å². The van der Waals surface area contributed by atoms with Crippen LogP contribution in [0.4, 0.5) is 4.39 Å². The van der Waals surface area contributed by atoms with Crippen molar-refractivity contribution < 1.29 is 14.0 Å². The molecule has 2 saturated heterocycles. The summed E-state index contributed by atoms with van der Waals surface area (Å²) in [6.07, 6.45) is 2.72. The lowest BCUT2D eigenvalue weighted by Crippen LogP contribution is -2.47. The predicted molar refractivity (Wildman–Crippen MR) is 110 cm³/mol. The Morgan fingerprint density at radius 2 is 1.89 bits per heavy atom. The Hall–Kier alpha value is -1.77. The van der Waals surface area contributed by atoms with E-state index >= 15 is 0 Å². The fourth-order valence-corrected chi connectivity index (χ4v) is 4.31. The number of amides is 2. The van der Waals surface area contributed by atoms with Gasteiger partial charge in [-0.1, -0.05) is 36.1 Å². The lowest BCUT2D eigenvalue weighted by atomic mass is 10.2. The van der Waals surface area contributed by atoms with E-state index < -0.39 is 0 Å². The van der Waals surface area contributed by atoms with Crippen molar-refractivity contribution in [1.29, 1.82) is 0 Å². The first-order valence-electron chi connectivity index (χ1n) is 8.91. The van der Waals surface area contributed by atoms with Crippen molar-refractivity contribution >= 4 is 46.2 Å². The summed E-state index contributed by atoms with van der Waals surface area (Å²) in [5.74, 6) is -0.332. The third kappa shape index (κ3) is 5.15. The number of benzene rings is 1. The quantitative estimate of drug-likeness (QED) is 0.555. The van der Waals surface area contributed by atoms with Crippen LogP contribution in [0.25, 0.3) is 6.08 Å². The zero-order valence-electron chi connectivity index (χ0n) is 15.2. The van der Waals surface area contributed by atoms with Crippen LogP contribution in [0.1, 0.15) is 18.4 Å². The Kier molecular flexibility index (Phi) is 6.62. The van der Waals surface area contributed by atoms with Gasteiger partial charge < -0.3 is 9.80 Å². The van der Waals surface area contributed by atoms with Crippen molar-refractivity contribution in [1.82, 2.24) is 14.7 Å². The fourth-order valence-electron chi connectivity index (χ4n) is 3.01. The molecule has 3 rings (SSSR count). The highest BCUT2D eigenvalue weighted by Crippen LogP contribution is 2.32. The summed E-state index contributed by atoms with van der Waals surface area (Å²) < 4.78 is 13.5. The van der Waals surface area contributed by atoms with Gasteiger partial charge >= 0.3 is 0 Å². The molecule has 0 radical (unpaired) electrons. The third-order valence-corrected chi connectivity index (χ3v) is 6.05. The number of carbonyl (C=O) groups excluding carboxylic acids is 2. The summed E-state index contributed by atoms with van der Waals surface area (Å²) in [6.45, 7) is 3.75. The second-order valence-corrected chi connectivity index (χ2v) is 8.35. The van der Waals surface area contributed by atoms with E-state index in [-0.39, 0.29) is 17.6 Å². The molecule has 2 aliphatic heterocycles. The van der Waals surface area contributed by atoms with E-state index in [1.165, 1.54) is 23.9 Å². The average Bonchev–Trinajstić information content (AvgIpc) is 2.91. The molecule has 27 heavy (non-hydrogen) atoms. The number of nitrogens with zero attached hydrogens (tertiary/aromatic N) is 3. The second-order valence-electron chi connectivity index (χ2n) is 6.67. The fraction of sp³-hybridized carbons (Fsp3) is 0.421. The van der Waals surface area contributed by atoms with Crippen LogP contribution in [0.3, 0.4) is 0 Å². The molecule has 0 atom stereocenters. The van der Waals surface area contributed by atoms with E-state index in [9.17, 15) is 14.0 Å². The van der Waals surface area contributed by atoms with Gasteiger partial charge in [0.25, 0.3) is 5.91 Å². The SMILES string of the molecule is CN1CCN(C(=O)CCCN2C(=O)C(=Cc3ccc(F)cc3)SC2=S)CC1. The highest BCUT2D eigenvalue weighted by atomic mass is 32.2. The topological polar surface area (TPSA) is 43.9 Å². The second kappa shape index (κ2) is 8.95. The van der Waals surface area contributed by atoms with E-state index in [0.717, 1.165) is 31.7 Å². The van der Waals surface area contributed by atoms with Crippen molar-refractivity contribution in [3.05, 3.63) is 40.6 Å². The number of hydrogen-bond acceptors (Lipinski definition) is 5. The van der Waals surface area contributed by atoms with Gasteiger partial charge in [0.15, 0.2) is 0 Å². The molecule has 8 heteroatoms. The number of rotatable bonds is 5. The normalized spacial score (nSPS) is 20.0. The van der Waals surface area contributed by atoms with Crippen LogP contribution < -0.4 is 0 Å². The summed E-state index contributed by atoms with van der Waals surface area (Å²) in [5, 5.41) is 0. The number of thioether (sulfide) groups is 1. The summed E-state index contributed by atoms with van der Waals surface area (Å²) in [5.41, 5.74) is 0.752. The number of likely N-dealkylation sites (N-methyl/N-ethyl adjacent to an activating group) is 1. The molecule has 144 valence electrons. The lowest BCUT2D eigenvalue weighted by molar-refractivity contribution is -0.133. The Labute approximate surface area is 168 Å². The summed E-state index contributed by atoms with van der Waals surface area (Å²) in [4.78, 5) is 31.0. The molecule has 2 aliphatic rings. The van der Waals surface area contributed by atoms with E-state index in [1.807, 2.05) is 4.90 Å². The molecule has 5 nitrogen and oxygen atoms in total. The van der Waals surface area contributed by atoms with Gasteiger partial charge in [-0.15, -0.1) is 0 Å². The summed E-state index contributed by atoms with van der Waals surface area (Å²) in [7, 11) is 2.05. The van der Waals surface area contributed by atoms with Gasteiger partial charge in [0.1, 0.15) is 10.1 Å². The lowest BCUT2D eigenvalue weighted by Gasteiger charge is -2.32. The zero-order chi connectivity index (χ0) is 19.4. The monoisotopic (exact) mass is 407 g/mol. The molecule has 0 aromatic heterocycles. The van der Waals surface area contributed by atoms with Gasteiger partial charge in [0.2, 0.25) is 5.91 Å². The highest BCUT2D eigenvalue weighted by Gasteiger charge is 2.31. The van der Waals surface area contributed by atoms with E-state index in [4.69, 9.17) is 12.2 Å². The molecule has 2 amide bonds. The van der Waals surface area contributed by atoms with Crippen LogP contribution in [0.15, 0.2) is 29.2 Å². The average molecular weight is 408 g/mol. The maximum atomic E-state index is 13.0. The first kappa shape index (κ1) is 20.0. The molecule has 2 heterocycles. The number of halogens is 1. The third-order valence-electron chi connectivity index (χ3n) is 4.67. The summed E-state index contributed by atoms with van der Waals surface area (Å²) in [6, 6.07) is 5.96. The van der Waals surface area contributed by atoms with Gasteiger partial charge in [-0.3, -0.25) is 14.5 Å². The van der Waals surface area contributed by atoms with Crippen LogP contribution in [0.5, 0.6) is 0 Å². The molecular formula is C19H22FN3O2S2. The zero-order valence-corrected chi connectivity index (χ0v) is 16.8. The van der Waals surface area contributed by atoms with Gasteiger partial charge in [-0.2, -0.15) is 0 Å². The Morgan fingerprint density at radius 3 is 2.56 bits per heavy atom. The largest absolute Gasteiger partial charge is 0.340 e. The number of carbonyl (C=O) groups is 2. The maximum Gasteiger partial charge on any atom is 0.266 e. The summed E-state index contributed by atoms with van der Waals surface area (Å²) >= 11 is 6.56. The minimum atomic E-state index is -0.315. The smallest absolute Gasteiger partial charge is 0.266 e. The molecule has 0 spiro atoms. The Morgan fingerprint density at radius 1 is 1.22 bits per heavy atom. The molecule has 0 bridgehead atoms. The minimum Gasteiger partial charge on any atom is -0.340 e. The molecule has 0 N–H and O–H groups in total. The standard InChI is InChI=1S/C19H22FN3O2S2/c1-21-9-11-22(12-10-21)17(24)3-2-8-23-18(25)16(27-19(23)26)13-14-4-6-15(20)7-5-14/h4-7,13H,2-3,8-12H2,1H3. The van der Waals surface area contributed by atoms with Gasteiger partial charge in [-0.05, 0) is 37.2 Å². The van der Waals surface area contributed by atoms with Crippen molar-refractivity contribution in [2.75, 3.05) is 39.8 Å². The maximum absolute atomic E-state index is 13.0.